The molecule has 3 saturated heterocycles. The molecule has 3 spiro atoms. The first kappa shape index (κ1) is 58.2. The molecule has 0 aromatic heterocycles. The molecule has 14 nitrogen and oxygen atoms in total. The van der Waals surface area contributed by atoms with E-state index >= 15 is 0 Å². The summed E-state index contributed by atoms with van der Waals surface area (Å²) in [4.78, 5) is 11.0. The number of fused-ring (bicyclic) bond motifs is 6. The van der Waals surface area contributed by atoms with Crippen LogP contribution >= 0.6 is 22.6 Å². The highest BCUT2D eigenvalue weighted by atomic mass is 127. The number of hydrogen-bond acceptors (Lipinski definition) is 14. The number of aldehydes is 1. The van der Waals surface area contributed by atoms with Crippen molar-refractivity contribution in [1.29, 1.82) is 15.8 Å². The zero-order valence-electron chi connectivity index (χ0n) is 43.2. The summed E-state index contributed by atoms with van der Waals surface area (Å²) in [6.07, 6.45) is 16.8. The van der Waals surface area contributed by atoms with Gasteiger partial charge in [0.05, 0.1) is 102 Å². The lowest BCUT2D eigenvalue weighted by Gasteiger charge is -2.47. The Balaban J connectivity index is 0.000000161. The fraction of sp³-hybridized carbons (Fsp3) is 0.818. The molecule has 3 N–H and O–H groups in total. The van der Waals surface area contributed by atoms with Crippen molar-refractivity contribution in [3.8, 4) is 18.2 Å². The summed E-state index contributed by atoms with van der Waals surface area (Å²) in [5.74, 6) is -1.32. The van der Waals surface area contributed by atoms with Gasteiger partial charge in [0.1, 0.15) is 6.29 Å². The second-order valence-corrected chi connectivity index (χ2v) is 29.2. The van der Waals surface area contributed by atoms with Crippen LogP contribution in [0, 0.1) is 91.7 Å². The molecule has 9 fully saturated rings. The van der Waals surface area contributed by atoms with Gasteiger partial charge < -0.3 is 53.0 Å². The Morgan fingerprint density at radius 3 is 1.35 bits per heavy atom. The van der Waals surface area contributed by atoms with Crippen LogP contribution in [0.4, 0.5) is 0 Å². The molecule has 9 rings (SSSR count). The van der Waals surface area contributed by atoms with Crippen LogP contribution in [0.3, 0.4) is 0 Å². The van der Waals surface area contributed by atoms with E-state index in [1.54, 1.807) is 0 Å². The van der Waals surface area contributed by atoms with E-state index in [1.807, 2.05) is 0 Å². The van der Waals surface area contributed by atoms with Crippen molar-refractivity contribution < 1.29 is 53.0 Å². The topological polar surface area (TPSA) is 214 Å². The van der Waals surface area contributed by atoms with E-state index in [0.717, 1.165) is 125 Å². The first-order chi connectivity index (χ1) is 33.8. The van der Waals surface area contributed by atoms with E-state index in [0.29, 0.717) is 58.1 Å². The molecule has 11 atom stereocenters. The minimum atomic E-state index is -1.29. The lowest BCUT2D eigenvalue weighted by atomic mass is 9.59. The van der Waals surface area contributed by atoms with Crippen LogP contribution in [-0.4, -0.2) is 113 Å². The monoisotopic (exact) mass is 1120 g/mol. The minimum absolute atomic E-state index is 0.00222. The van der Waals surface area contributed by atoms with E-state index < -0.39 is 31.8 Å². The summed E-state index contributed by atoms with van der Waals surface area (Å²) in [7, 11) is -1.29. The SMILES string of the molecule is C=C(CO)[C@@H](C)CC12CCCC(C#N)C1C1(CC2)OCCO1.C=C(CO)[C@H](O)CC12CCCC(C#N)C1C1(CC2)OCCO1.C=C(I)CO[Si](C)(C)C.N#CC1CCCC2(CC=O)CCC3(OCCO3)C12. The van der Waals surface area contributed by atoms with E-state index in [2.05, 4.69) is 87.1 Å². The summed E-state index contributed by atoms with van der Waals surface area (Å²) in [6.45, 7) is 24.4. The number of halogens is 1. The molecule has 3 heterocycles. The van der Waals surface area contributed by atoms with Crippen LogP contribution < -0.4 is 0 Å². The quantitative estimate of drug-likeness (QED) is 0.0678. The maximum Gasteiger partial charge on any atom is 0.184 e. The molecule has 6 saturated carbocycles. The van der Waals surface area contributed by atoms with Crippen LogP contribution in [0.5, 0.6) is 0 Å². The van der Waals surface area contributed by atoms with Gasteiger partial charge in [0, 0.05) is 47.0 Å². The zero-order chi connectivity index (χ0) is 51.7. The van der Waals surface area contributed by atoms with Crippen molar-refractivity contribution in [2.24, 2.45) is 57.7 Å². The molecule has 0 bridgehead atoms. The smallest absolute Gasteiger partial charge is 0.184 e. The molecule has 9 unspecified atom stereocenters. The van der Waals surface area contributed by atoms with Crippen molar-refractivity contribution in [2.75, 3.05) is 59.5 Å². The molecular weight excluding hydrogens is 1030 g/mol. The van der Waals surface area contributed by atoms with Crippen molar-refractivity contribution in [2.45, 2.75) is 166 Å². The third kappa shape index (κ3) is 12.6. The molecule has 16 heteroatoms. The van der Waals surface area contributed by atoms with E-state index in [9.17, 15) is 35.9 Å². The maximum atomic E-state index is 11.0. The number of aliphatic hydroxyl groups excluding tert-OH is 3. The Morgan fingerprint density at radius 2 is 1.01 bits per heavy atom. The molecule has 0 aromatic carbocycles. The van der Waals surface area contributed by atoms with Gasteiger partial charge in [0.2, 0.25) is 0 Å². The number of nitriles is 3. The van der Waals surface area contributed by atoms with Crippen LogP contribution in [-0.2, 0) is 37.6 Å². The number of nitrogens with zero attached hydrogens (tertiary/aromatic N) is 3. The Kier molecular flexibility index (Phi) is 20.2. The lowest BCUT2D eigenvalue weighted by Crippen LogP contribution is -2.48. The number of carbonyl (C=O) groups excluding carboxylic acids is 1. The minimum Gasteiger partial charge on any atom is -0.413 e. The van der Waals surface area contributed by atoms with Crippen molar-refractivity contribution in [1.82, 2.24) is 0 Å². The number of aliphatic hydroxyl groups is 3. The van der Waals surface area contributed by atoms with Gasteiger partial charge in [-0.2, -0.15) is 15.8 Å². The van der Waals surface area contributed by atoms with Crippen LogP contribution in [0.2, 0.25) is 19.6 Å². The van der Waals surface area contributed by atoms with Crippen molar-refractivity contribution in [3.63, 3.8) is 0 Å². The van der Waals surface area contributed by atoms with Gasteiger partial charge in [-0.25, -0.2) is 0 Å². The van der Waals surface area contributed by atoms with Gasteiger partial charge in [0.25, 0.3) is 0 Å². The molecule has 0 amide bonds. The Labute approximate surface area is 439 Å². The second-order valence-electron chi connectivity index (χ2n) is 23.2. The predicted molar refractivity (Wildman–Crippen MR) is 278 cm³/mol. The van der Waals surface area contributed by atoms with E-state index in [1.165, 1.54) is 0 Å². The molecule has 9 aliphatic rings. The molecule has 0 radical (unpaired) electrons. The summed E-state index contributed by atoms with van der Waals surface area (Å²) >= 11 is 2.19. The van der Waals surface area contributed by atoms with Crippen LogP contribution in [0.25, 0.3) is 0 Å². The van der Waals surface area contributed by atoms with Crippen LogP contribution in [0.1, 0.15) is 122 Å². The standard InChI is InChI=1S/C18H27NO3.C17H25NO4.C14H19NO3.C6H13IOSi/c1-13(14(2)12-20)10-17-5-3-4-15(11-19)16(17)18(7-6-17)21-8-9-22-18;1-12(11-19)14(20)9-16-4-2-3-13(10-18)15(16)17(6-5-16)21-7-8-22-17;15-10-11-2-1-3-13(6-7-16)4-5-14(12(11)13)17-8-9-18-14;1-6(7)5-8-9(2,3)4/h13,15-16,20H,2-10,12H2,1H3;13-15,19-20H,1-9,11H2;7,11-12H,1-6,8-9H2;1,5H2,2-4H3/t13-,15?,16?,17?;13?,14-,15?,16?;;/m01../s1. The van der Waals surface area contributed by atoms with Gasteiger partial charge in [-0.15, -0.1) is 0 Å². The third-order valence-corrected chi connectivity index (χ3v) is 19.3. The highest BCUT2D eigenvalue weighted by Crippen LogP contribution is 2.66. The molecular formula is C55H84IN3O11Si. The zero-order valence-corrected chi connectivity index (χ0v) is 46.4. The molecule has 6 aliphatic carbocycles. The number of rotatable bonds is 13. The van der Waals surface area contributed by atoms with Gasteiger partial charge in [-0.3, -0.25) is 0 Å². The average Bonchev–Trinajstić information content (AvgIpc) is 4.25. The van der Waals surface area contributed by atoms with Gasteiger partial charge >= 0.3 is 0 Å². The maximum absolute atomic E-state index is 11.0. The molecule has 3 aliphatic heterocycles. The highest BCUT2D eigenvalue weighted by Gasteiger charge is 2.66. The van der Waals surface area contributed by atoms with Gasteiger partial charge in [-0.05, 0) is 146 Å². The normalized spacial score (nSPS) is 35.3. The number of hydrogen-bond donors (Lipinski definition) is 3. The van der Waals surface area contributed by atoms with Crippen LogP contribution in [0.15, 0.2) is 34.5 Å². The number of carbonyl (C=O) groups is 1. The third-order valence-electron chi connectivity index (χ3n) is 18.0. The summed E-state index contributed by atoms with van der Waals surface area (Å²) in [5, 5.41) is 57.7. The summed E-state index contributed by atoms with van der Waals surface area (Å²) in [6, 6.07) is 7.42. The van der Waals surface area contributed by atoms with Gasteiger partial charge in [0.15, 0.2) is 25.7 Å². The Morgan fingerprint density at radius 1 is 0.648 bits per heavy atom. The lowest BCUT2D eigenvalue weighted by molar-refractivity contribution is -0.211. The Bertz CT molecular complexity index is 1890. The van der Waals surface area contributed by atoms with E-state index in [4.69, 9.17) is 32.8 Å². The van der Waals surface area contributed by atoms with E-state index in [-0.39, 0.29) is 70.9 Å². The largest absolute Gasteiger partial charge is 0.413 e. The highest BCUT2D eigenvalue weighted by molar-refractivity contribution is 14.1. The average molecular weight is 1120 g/mol. The fourth-order valence-corrected chi connectivity index (χ4v) is 16.0. The van der Waals surface area contributed by atoms with Crippen molar-refractivity contribution >= 4 is 37.2 Å². The number of ether oxygens (including phenoxy) is 6. The summed E-state index contributed by atoms with van der Waals surface area (Å²) < 4.78 is 42.4. The fourth-order valence-electron chi connectivity index (χ4n) is 15.0. The molecule has 396 valence electrons. The first-order valence-corrected chi connectivity index (χ1v) is 31.0. The first-order valence-electron chi connectivity index (χ1n) is 26.5. The summed E-state index contributed by atoms with van der Waals surface area (Å²) in [5.41, 5.74) is 1.23. The molecule has 71 heavy (non-hydrogen) atoms. The predicted octanol–water partition coefficient (Wildman–Crippen LogP) is 9.60. The Hall–Kier alpha value is -2.09. The second kappa shape index (κ2) is 24.7. The van der Waals surface area contributed by atoms with Crippen molar-refractivity contribution in [3.05, 3.63) is 34.5 Å². The van der Waals surface area contributed by atoms with Gasteiger partial charge in [-0.1, -0.05) is 45.9 Å². The molecule has 0 aromatic rings.